The molecule has 10 heteroatoms. The van der Waals surface area contributed by atoms with E-state index in [-0.39, 0.29) is 29.3 Å². The number of pyridine rings is 2. The van der Waals surface area contributed by atoms with Crippen molar-refractivity contribution < 1.29 is 9.18 Å². The number of nitrogens with two attached hydrogens (primary N) is 2. The number of halogens is 1. The second kappa shape index (κ2) is 10.1. The Morgan fingerprint density at radius 2 is 2.09 bits per heavy atom. The van der Waals surface area contributed by atoms with Gasteiger partial charge in [-0.15, -0.1) is 0 Å². The summed E-state index contributed by atoms with van der Waals surface area (Å²) in [6.07, 6.45) is 7.45. The van der Waals surface area contributed by atoms with Crippen LogP contribution in [0.25, 0.3) is 11.0 Å². The van der Waals surface area contributed by atoms with Gasteiger partial charge in [0.1, 0.15) is 11.5 Å². The van der Waals surface area contributed by atoms with Crippen molar-refractivity contribution in [3.63, 3.8) is 0 Å². The SMILES string of the molecule is CCNCCn1ccc2c(Nc3nc(N[C@@H]4CCCC[C@@H]4N)c(F)cc3C(N)=O)ccnc21. The maximum atomic E-state index is 14.8. The number of fused-ring (bicyclic) bond motifs is 1. The van der Waals surface area contributed by atoms with E-state index >= 15 is 0 Å². The first kappa shape index (κ1) is 22.9. The monoisotopic (exact) mass is 454 g/mol. The molecular weight excluding hydrogens is 423 g/mol. The van der Waals surface area contributed by atoms with Gasteiger partial charge in [0.05, 0.1) is 11.3 Å². The van der Waals surface area contributed by atoms with E-state index in [0.717, 1.165) is 62.4 Å². The molecule has 33 heavy (non-hydrogen) atoms. The van der Waals surface area contributed by atoms with Gasteiger partial charge in [-0.05, 0) is 37.6 Å². The fourth-order valence-corrected chi connectivity index (χ4v) is 4.27. The maximum Gasteiger partial charge on any atom is 0.252 e. The first-order valence-corrected chi connectivity index (χ1v) is 11.4. The van der Waals surface area contributed by atoms with Crippen molar-refractivity contribution in [1.82, 2.24) is 19.9 Å². The lowest BCUT2D eigenvalue weighted by molar-refractivity contribution is 0.100. The number of aromatic nitrogens is 3. The second-order valence-corrected chi connectivity index (χ2v) is 8.36. The number of carbonyl (C=O) groups is 1. The molecule has 7 N–H and O–H groups in total. The molecule has 2 atom stereocenters. The van der Waals surface area contributed by atoms with Gasteiger partial charge in [-0.1, -0.05) is 19.8 Å². The molecule has 0 aliphatic heterocycles. The number of hydrogen-bond donors (Lipinski definition) is 5. The Bertz CT molecular complexity index is 1130. The van der Waals surface area contributed by atoms with Crippen molar-refractivity contribution in [3.05, 3.63) is 42.0 Å². The number of carbonyl (C=O) groups excluding carboxylic acids is 1. The lowest BCUT2D eigenvalue weighted by atomic mass is 9.91. The van der Waals surface area contributed by atoms with Gasteiger partial charge >= 0.3 is 0 Å². The second-order valence-electron chi connectivity index (χ2n) is 8.36. The van der Waals surface area contributed by atoms with Gasteiger partial charge < -0.3 is 32.0 Å². The first-order valence-electron chi connectivity index (χ1n) is 11.4. The summed E-state index contributed by atoms with van der Waals surface area (Å²) in [6, 6.07) is 4.70. The molecule has 0 saturated heterocycles. The Kier molecular flexibility index (Phi) is 7.05. The van der Waals surface area contributed by atoms with E-state index < -0.39 is 11.7 Å². The number of amides is 1. The molecule has 176 valence electrons. The third-order valence-electron chi connectivity index (χ3n) is 6.08. The normalized spacial score (nSPS) is 18.4. The van der Waals surface area contributed by atoms with Crippen LogP contribution in [0.15, 0.2) is 30.6 Å². The fraction of sp³-hybridized carbons (Fsp3) is 0.435. The smallest absolute Gasteiger partial charge is 0.252 e. The number of likely N-dealkylation sites (N-methyl/N-ethyl adjacent to an activating group) is 1. The molecule has 0 aromatic carbocycles. The summed E-state index contributed by atoms with van der Waals surface area (Å²) in [5, 5.41) is 10.5. The summed E-state index contributed by atoms with van der Waals surface area (Å²) in [5.74, 6) is -1.16. The zero-order valence-electron chi connectivity index (χ0n) is 18.8. The molecule has 0 bridgehead atoms. The minimum atomic E-state index is -0.765. The molecule has 0 spiro atoms. The van der Waals surface area contributed by atoms with Crippen LogP contribution < -0.4 is 27.4 Å². The maximum absolute atomic E-state index is 14.8. The quantitative estimate of drug-likeness (QED) is 0.314. The molecule has 4 rings (SSSR count). The molecule has 0 radical (unpaired) electrons. The van der Waals surface area contributed by atoms with Crippen LogP contribution in [-0.4, -0.2) is 45.6 Å². The molecule has 0 unspecified atom stereocenters. The van der Waals surface area contributed by atoms with Crippen LogP contribution in [-0.2, 0) is 6.54 Å². The van der Waals surface area contributed by atoms with Gasteiger partial charge in [-0.25, -0.2) is 14.4 Å². The van der Waals surface area contributed by atoms with Gasteiger partial charge in [0.2, 0.25) is 0 Å². The van der Waals surface area contributed by atoms with Crippen molar-refractivity contribution in [1.29, 1.82) is 0 Å². The molecule has 9 nitrogen and oxygen atoms in total. The highest BCUT2D eigenvalue weighted by Crippen LogP contribution is 2.29. The van der Waals surface area contributed by atoms with E-state index in [1.807, 2.05) is 16.8 Å². The van der Waals surface area contributed by atoms with E-state index in [1.54, 1.807) is 12.3 Å². The Balaban J connectivity index is 1.65. The third-order valence-corrected chi connectivity index (χ3v) is 6.08. The van der Waals surface area contributed by atoms with Gasteiger partial charge in [-0.2, -0.15) is 0 Å². The van der Waals surface area contributed by atoms with Crippen molar-refractivity contribution in [3.8, 4) is 0 Å². The van der Waals surface area contributed by atoms with E-state index in [2.05, 4.69) is 32.8 Å². The zero-order valence-corrected chi connectivity index (χ0v) is 18.8. The number of nitrogens with zero attached hydrogens (tertiary/aromatic N) is 3. The van der Waals surface area contributed by atoms with E-state index in [4.69, 9.17) is 11.5 Å². The van der Waals surface area contributed by atoms with Gasteiger partial charge in [0.25, 0.3) is 5.91 Å². The molecular formula is C23H31FN8O. The summed E-state index contributed by atoms with van der Waals surface area (Å²) in [7, 11) is 0. The van der Waals surface area contributed by atoms with Crippen LogP contribution >= 0.6 is 0 Å². The van der Waals surface area contributed by atoms with Crippen molar-refractivity contribution in [2.75, 3.05) is 23.7 Å². The van der Waals surface area contributed by atoms with Crippen LogP contribution in [0.3, 0.4) is 0 Å². The number of nitrogens with one attached hydrogen (secondary N) is 3. The van der Waals surface area contributed by atoms with Crippen LogP contribution in [0.2, 0.25) is 0 Å². The molecule has 3 heterocycles. The molecule has 1 fully saturated rings. The van der Waals surface area contributed by atoms with E-state index in [0.29, 0.717) is 5.69 Å². The molecule has 1 aliphatic carbocycles. The summed E-state index contributed by atoms with van der Waals surface area (Å²) >= 11 is 0. The number of primary amides is 1. The average molecular weight is 455 g/mol. The van der Waals surface area contributed by atoms with Crippen LogP contribution in [0.5, 0.6) is 0 Å². The molecule has 1 saturated carbocycles. The largest absolute Gasteiger partial charge is 0.365 e. The number of hydrogen-bond acceptors (Lipinski definition) is 7. The summed E-state index contributed by atoms with van der Waals surface area (Å²) < 4.78 is 16.8. The van der Waals surface area contributed by atoms with Gasteiger partial charge in [-0.3, -0.25) is 4.79 Å². The van der Waals surface area contributed by atoms with Crippen molar-refractivity contribution in [2.45, 2.75) is 51.2 Å². The van der Waals surface area contributed by atoms with Crippen molar-refractivity contribution in [2.24, 2.45) is 11.5 Å². The Labute approximate surface area is 192 Å². The summed E-state index contributed by atoms with van der Waals surface area (Å²) in [6.45, 7) is 4.55. The van der Waals surface area contributed by atoms with E-state index in [9.17, 15) is 9.18 Å². The Morgan fingerprint density at radius 3 is 2.85 bits per heavy atom. The third kappa shape index (κ3) is 5.07. The number of anilines is 3. The molecule has 1 aliphatic rings. The standard InChI is InChI=1S/C23H31FN8O/c1-2-27-10-12-32-11-8-14-18(7-9-28-23(14)32)29-21-15(20(26)33)13-16(24)22(31-21)30-19-6-4-3-5-17(19)25/h7-9,11,13,17,19,27H,2-6,10,12,25H2,1H3,(H2,26,33)(H2,28,29,30,31)/t17-,19+/m0/s1. The van der Waals surface area contributed by atoms with Crippen LogP contribution in [0.4, 0.5) is 21.7 Å². The predicted molar refractivity (Wildman–Crippen MR) is 128 cm³/mol. The minimum Gasteiger partial charge on any atom is -0.365 e. The molecule has 3 aromatic rings. The van der Waals surface area contributed by atoms with E-state index in [1.165, 1.54) is 0 Å². The van der Waals surface area contributed by atoms with Gasteiger partial charge in [0, 0.05) is 43.0 Å². The highest BCUT2D eigenvalue weighted by molar-refractivity contribution is 6.00. The first-order chi connectivity index (χ1) is 16.0. The lowest BCUT2D eigenvalue weighted by Gasteiger charge is -2.30. The molecule has 1 amide bonds. The van der Waals surface area contributed by atoms with Gasteiger partial charge in [0.15, 0.2) is 11.6 Å². The topological polar surface area (TPSA) is 136 Å². The summed E-state index contributed by atoms with van der Waals surface area (Å²) in [5.41, 5.74) is 13.2. The highest BCUT2D eigenvalue weighted by Gasteiger charge is 2.24. The fourth-order valence-electron chi connectivity index (χ4n) is 4.27. The Hall–Kier alpha value is -3.24. The average Bonchev–Trinajstić information content (AvgIpc) is 3.21. The minimum absolute atomic E-state index is 0.0254. The molecule has 3 aromatic heterocycles. The van der Waals surface area contributed by atoms with Crippen LogP contribution in [0.1, 0.15) is 43.0 Å². The number of rotatable bonds is 9. The van der Waals surface area contributed by atoms with Crippen LogP contribution in [0, 0.1) is 5.82 Å². The highest BCUT2D eigenvalue weighted by atomic mass is 19.1. The Morgan fingerprint density at radius 1 is 1.27 bits per heavy atom. The lowest BCUT2D eigenvalue weighted by Crippen LogP contribution is -2.43. The van der Waals surface area contributed by atoms with Crippen molar-refractivity contribution >= 4 is 34.3 Å². The zero-order chi connectivity index (χ0) is 23.4. The summed E-state index contributed by atoms with van der Waals surface area (Å²) in [4.78, 5) is 20.9. The predicted octanol–water partition coefficient (Wildman–Crippen LogP) is 2.70.